The molecule has 0 amide bonds. The van der Waals surface area contributed by atoms with Crippen LogP contribution >= 0.6 is 23.5 Å². The SMILES string of the molecule is CCc1nc(C2CSC(C)C(C)S2)nc(CC)c1CCN. The smallest absolute Gasteiger partial charge is 0.142 e. The van der Waals surface area contributed by atoms with Crippen molar-refractivity contribution < 1.29 is 0 Å². The molecule has 2 heterocycles. The largest absolute Gasteiger partial charge is 0.330 e. The number of aryl methyl sites for hydroxylation is 2. The highest BCUT2D eigenvalue weighted by Gasteiger charge is 2.29. The molecule has 1 fully saturated rings. The summed E-state index contributed by atoms with van der Waals surface area (Å²) in [5.41, 5.74) is 9.47. The maximum Gasteiger partial charge on any atom is 0.142 e. The van der Waals surface area contributed by atoms with Crippen molar-refractivity contribution in [3.63, 3.8) is 0 Å². The van der Waals surface area contributed by atoms with Crippen molar-refractivity contribution >= 4 is 23.5 Å². The standard InChI is InChI=1S/C16H27N3S2/c1-5-13-12(7-8-17)14(6-2)19-16(18-13)15-9-20-10(3)11(4)21-15/h10-11,15H,5-9,17H2,1-4H3. The highest BCUT2D eigenvalue weighted by atomic mass is 32.2. The number of nitrogens with two attached hydrogens (primary N) is 1. The average molecular weight is 326 g/mol. The van der Waals surface area contributed by atoms with Crippen LogP contribution < -0.4 is 5.73 Å². The van der Waals surface area contributed by atoms with Gasteiger partial charge in [-0.25, -0.2) is 9.97 Å². The fourth-order valence-corrected chi connectivity index (χ4v) is 5.53. The van der Waals surface area contributed by atoms with E-state index in [1.165, 1.54) is 17.0 Å². The molecule has 2 N–H and O–H groups in total. The van der Waals surface area contributed by atoms with Gasteiger partial charge < -0.3 is 5.73 Å². The van der Waals surface area contributed by atoms with Gasteiger partial charge in [-0.3, -0.25) is 0 Å². The first kappa shape index (κ1) is 17.1. The molecule has 1 aromatic rings. The van der Waals surface area contributed by atoms with E-state index < -0.39 is 0 Å². The van der Waals surface area contributed by atoms with Gasteiger partial charge in [-0.05, 0) is 31.4 Å². The molecule has 1 aliphatic rings. The highest BCUT2D eigenvalue weighted by molar-refractivity contribution is 8.07. The van der Waals surface area contributed by atoms with Gasteiger partial charge in [0.1, 0.15) is 5.82 Å². The van der Waals surface area contributed by atoms with Gasteiger partial charge in [0.25, 0.3) is 0 Å². The minimum Gasteiger partial charge on any atom is -0.330 e. The van der Waals surface area contributed by atoms with Crippen molar-refractivity contribution in [2.24, 2.45) is 5.73 Å². The van der Waals surface area contributed by atoms with Crippen LogP contribution in [0, 0.1) is 0 Å². The van der Waals surface area contributed by atoms with Gasteiger partial charge >= 0.3 is 0 Å². The predicted molar refractivity (Wildman–Crippen MR) is 95.3 cm³/mol. The van der Waals surface area contributed by atoms with E-state index in [1.54, 1.807) is 0 Å². The van der Waals surface area contributed by atoms with Gasteiger partial charge in [0.05, 0.1) is 5.25 Å². The summed E-state index contributed by atoms with van der Waals surface area (Å²) in [6.45, 7) is 9.67. The molecule has 0 radical (unpaired) electrons. The maximum absolute atomic E-state index is 5.76. The van der Waals surface area contributed by atoms with Crippen molar-refractivity contribution in [3.8, 4) is 0 Å². The normalized spacial score (nSPS) is 26.0. The molecule has 0 aliphatic carbocycles. The van der Waals surface area contributed by atoms with Crippen molar-refractivity contribution in [3.05, 3.63) is 22.8 Å². The second-order valence-corrected chi connectivity index (χ2v) is 8.56. The van der Waals surface area contributed by atoms with E-state index in [-0.39, 0.29) is 0 Å². The Bertz CT molecular complexity index is 454. The summed E-state index contributed by atoms with van der Waals surface area (Å²) >= 11 is 4.08. The van der Waals surface area contributed by atoms with Gasteiger partial charge in [-0.1, -0.05) is 27.7 Å². The summed E-state index contributed by atoms with van der Waals surface area (Å²) in [5, 5.41) is 1.82. The molecule has 0 bridgehead atoms. The number of hydrogen-bond donors (Lipinski definition) is 1. The summed E-state index contributed by atoms with van der Waals surface area (Å²) in [7, 11) is 0. The van der Waals surface area contributed by atoms with E-state index in [9.17, 15) is 0 Å². The number of thioether (sulfide) groups is 2. The molecule has 0 aromatic carbocycles. The maximum atomic E-state index is 5.76. The van der Waals surface area contributed by atoms with E-state index >= 15 is 0 Å². The van der Waals surface area contributed by atoms with Crippen LogP contribution in [0.1, 0.15) is 55.7 Å². The second-order valence-electron chi connectivity index (χ2n) is 5.57. The third kappa shape index (κ3) is 3.93. The highest BCUT2D eigenvalue weighted by Crippen LogP contribution is 2.43. The Morgan fingerprint density at radius 2 is 1.71 bits per heavy atom. The van der Waals surface area contributed by atoms with Crippen LogP contribution in [0.2, 0.25) is 0 Å². The number of rotatable bonds is 5. The Hall–Kier alpha value is -0.260. The van der Waals surface area contributed by atoms with Crippen LogP contribution in [-0.2, 0) is 19.3 Å². The molecular formula is C16H27N3S2. The first-order valence-electron chi connectivity index (χ1n) is 7.96. The molecule has 1 aliphatic heterocycles. The number of aromatic nitrogens is 2. The third-order valence-electron chi connectivity index (χ3n) is 4.10. The molecule has 2 rings (SSSR count). The summed E-state index contributed by atoms with van der Waals surface area (Å²) in [4.78, 5) is 9.80. The first-order valence-corrected chi connectivity index (χ1v) is 9.95. The van der Waals surface area contributed by atoms with E-state index in [1.807, 2.05) is 23.5 Å². The lowest BCUT2D eigenvalue weighted by Gasteiger charge is -2.31. The van der Waals surface area contributed by atoms with Crippen molar-refractivity contribution in [2.45, 2.75) is 62.7 Å². The Balaban J connectivity index is 2.32. The quantitative estimate of drug-likeness (QED) is 0.899. The summed E-state index contributed by atoms with van der Waals surface area (Å²) in [5.74, 6) is 2.17. The van der Waals surface area contributed by atoms with E-state index in [0.717, 1.165) is 36.1 Å². The molecule has 3 atom stereocenters. The van der Waals surface area contributed by atoms with Gasteiger partial charge in [-0.2, -0.15) is 11.8 Å². The van der Waals surface area contributed by atoms with Crippen molar-refractivity contribution in [2.75, 3.05) is 12.3 Å². The number of nitrogens with zero attached hydrogens (tertiary/aromatic N) is 2. The summed E-state index contributed by atoms with van der Waals surface area (Å²) < 4.78 is 0. The second kappa shape index (κ2) is 7.84. The molecular weight excluding hydrogens is 298 g/mol. The summed E-state index contributed by atoms with van der Waals surface area (Å²) in [6, 6.07) is 0. The zero-order valence-corrected chi connectivity index (χ0v) is 15.2. The molecule has 118 valence electrons. The lowest BCUT2D eigenvalue weighted by molar-refractivity contribution is 0.782. The van der Waals surface area contributed by atoms with Gasteiger partial charge in [0, 0.05) is 27.6 Å². The van der Waals surface area contributed by atoms with Gasteiger partial charge in [-0.15, -0.1) is 11.8 Å². The van der Waals surface area contributed by atoms with Crippen LogP contribution in [0.4, 0.5) is 0 Å². The monoisotopic (exact) mass is 325 g/mol. The lowest BCUT2D eigenvalue weighted by atomic mass is 10.0. The Labute approximate surface area is 137 Å². The van der Waals surface area contributed by atoms with E-state index in [0.29, 0.717) is 17.0 Å². The Kier molecular flexibility index (Phi) is 6.38. The van der Waals surface area contributed by atoms with Gasteiger partial charge in [0.15, 0.2) is 0 Å². The van der Waals surface area contributed by atoms with Gasteiger partial charge in [0.2, 0.25) is 0 Å². The van der Waals surface area contributed by atoms with Crippen molar-refractivity contribution in [1.82, 2.24) is 9.97 Å². The average Bonchev–Trinajstić information content (AvgIpc) is 2.50. The van der Waals surface area contributed by atoms with E-state index in [2.05, 4.69) is 27.7 Å². The molecule has 1 saturated heterocycles. The molecule has 5 heteroatoms. The molecule has 3 nitrogen and oxygen atoms in total. The van der Waals surface area contributed by atoms with Crippen LogP contribution in [0.5, 0.6) is 0 Å². The zero-order chi connectivity index (χ0) is 15.4. The van der Waals surface area contributed by atoms with Crippen LogP contribution in [0.15, 0.2) is 0 Å². The van der Waals surface area contributed by atoms with Crippen LogP contribution in [-0.4, -0.2) is 32.8 Å². The Morgan fingerprint density at radius 1 is 1.10 bits per heavy atom. The summed E-state index contributed by atoms with van der Waals surface area (Å²) in [6.07, 6.45) is 2.83. The minimum absolute atomic E-state index is 0.434. The van der Waals surface area contributed by atoms with E-state index in [4.69, 9.17) is 15.7 Å². The third-order valence-corrected chi connectivity index (χ3v) is 7.48. The fraction of sp³-hybridized carbons (Fsp3) is 0.750. The first-order chi connectivity index (χ1) is 10.1. The van der Waals surface area contributed by atoms with Crippen LogP contribution in [0.25, 0.3) is 0 Å². The predicted octanol–water partition coefficient (Wildman–Crippen LogP) is 3.40. The zero-order valence-electron chi connectivity index (χ0n) is 13.6. The van der Waals surface area contributed by atoms with Crippen LogP contribution in [0.3, 0.4) is 0 Å². The minimum atomic E-state index is 0.434. The molecule has 0 spiro atoms. The number of hydrogen-bond acceptors (Lipinski definition) is 5. The topological polar surface area (TPSA) is 51.8 Å². The fourth-order valence-electron chi connectivity index (χ4n) is 2.68. The van der Waals surface area contributed by atoms with Crippen molar-refractivity contribution in [1.29, 1.82) is 0 Å². The molecule has 21 heavy (non-hydrogen) atoms. The molecule has 1 aromatic heterocycles. The molecule has 0 saturated carbocycles. The molecule has 3 unspecified atom stereocenters. The Morgan fingerprint density at radius 3 is 2.19 bits per heavy atom. The lowest BCUT2D eigenvalue weighted by Crippen LogP contribution is -2.24.